The lowest BCUT2D eigenvalue weighted by Gasteiger charge is -2.48. The second-order valence-electron chi connectivity index (χ2n) is 12.9. The lowest BCUT2D eigenvalue weighted by molar-refractivity contribution is -0.186. The molecule has 1 saturated heterocycles. The van der Waals surface area contributed by atoms with Crippen molar-refractivity contribution in [3.63, 3.8) is 0 Å². The van der Waals surface area contributed by atoms with Gasteiger partial charge < -0.3 is 9.47 Å². The summed E-state index contributed by atoms with van der Waals surface area (Å²) in [7, 11) is -1.01. The van der Waals surface area contributed by atoms with E-state index in [1.807, 2.05) is 0 Å². The molecule has 224 valence electrons. The van der Waals surface area contributed by atoms with Gasteiger partial charge in [0.05, 0.1) is 6.61 Å². The fourth-order valence-electron chi connectivity index (χ4n) is 7.23. The quantitative estimate of drug-likeness (QED) is 0.160. The molecule has 1 saturated carbocycles. The van der Waals surface area contributed by atoms with Crippen molar-refractivity contribution in [3.05, 3.63) is 121 Å². The molecule has 2 fully saturated rings. The Kier molecular flexibility index (Phi) is 10.1. The number of hydrogen-bond acceptors (Lipinski definition) is 2. The monoisotopic (exact) mass is 608 g/mol. The second kappa shape index (κ2) is 14.2. The molecule has 4 atom stereocenters. The largest absolute Gasteiger partial charge is 0.353 e. The van der Waals surface area contributed by atoms with Gasteiger partial charge in [0.2, 0.25) is 0 Å². The Bertz CT molecular complexity index is 1320. The summed E-state index contributed by atoms with van der Waals surface area (Å²) in [5, 5.41) is 5.92. The summed E-state index contributed by atoms with van der Waals surface area (Å²) >= 11 is 0. The van der Waals surface area contributed by atoms with Crippen LogP contribution in [0.1, 0.15) is 46.0 Å². The summed E-state index contributed by atoms with van der Waals surface area (Å²) < 4.78 is 12.7. The third-order valence-corrected chi connectivity index (χ3v) is 15.7. The Balaban J connectivity index is 1.37. The molecule has 4 aromatic rings. The maximum Gasteiger partial charge on any atom is 0.157 e. The van der Waals surface area contributed by atoms with Gasteiger partial charge in [-0.3, -0.25) is 0 Å². The van der Waals surface area contributed by atoms with Gasteiger partial charge in [0, 0.05) is 6.61 Å². The third-order valence-electron chi connectivity index (χ3n) is 10.2. The van der Waals surface area contributed by atoms with Crippen LogP contribution < -0.4 is 21.2 Å². The fraction of sp³-hybridized carbons (Fsp3) is 0.385. The molecule has 0 aromatic heterocycles. The van der Waals surface area contributed by atoms with Crippen LogP contribution in [-0.4, -0.2) is 31.8 Å². The van der Waals surface area contributed by atoms with Gasteiger partial charge in [-0.15, -0.1) is 0 Å². The maximum atomic E-state index is 6.67. The minimum absolute atomic E-state index is 0.0515. The van der Waals surface area contributed by atoms with Gasteiger partial charge in [-0.1, -0.05) is 135 Å². The Morgan fingerprint density at radius 2 is 1.14 bits per heavy atom. The van der Waals surface area contributed by atoms with E-state index in [0.717, 1.165) is 26.1 Å². The molecule has 1 aliphatic carbocycles. The number of benzene rings is 4. The molecule has 0 spiro atoms. The Morgan fingerprint density at radius 1 is 0.651 bits per heavy atom. The van der Waals surface area contributed by atoms with E-state index < -0.39 is 15.8 Å². The first-order chi connectivity index (χ1) is 21.1. The fourth-order valence-corrected chi connectivity index (χ4v) is 13.1. The van der Waals surface area contributed by atoms with Gasteiger partial charge in [0.1, 0.15) is 0 Å². The Morgan fingerprint density at radius 3 is 1.60 bits per heavy atom. The van der Waals surface area contributed by atoms with Crippen molar-refractivity contribution in [2.24, 2.45) is 16.7 Å². The van der Waals surface area contributed by atoms with E-state index in [0.29, 0.717) is 5.92 Å². The zero-order valence-electron chi connectivity index (χ0n) is 25.8. The third kappa shape index (κ3) is 7.00. The van der Waals surface area contributed by atoms with Crippen LogP contribution in [0, 0.1) is 16.7 Å². The maximum absolute atomic E-state index is 6.67. The number of ether oxygens (including phenoxy) is 2. The molecule has 4 aromatic carbocycles. The summed E-state index contributed by atoms with van der Waals surface area (Å²) in [4.78, 5) is 0. The smallest absolute Gasteiger partial charge is 0.157 e. The molecule has 0 amide bonds. The highest BCUT2D eigenvalue weighted by atomic mass is 31.1. The van der Waals surface area contributed by atoms with E-state index in [2.05, 4.69) is 135 Å². The molecular weight excluding hydrogens is 562 g/mol. The van der Waals surface area contributed by atoms with Gasteiger partial charge in [0.15, 0.2) is 6.29 Å². The Hall–Kier alpha value is -2.34. The van der Waals surface area contributed by atoms with Crippen LogP contribution in [0.3, 0.4) is 0 Å². The van der Waals surface area contributed by atoms with Crippen LogP contribution in [0.5, 0.6) is 0 Å². The molecule has 1 heterocycles. The van der Waals surface area contributed by atoms with Crippen molar-refractivity contribution < 1.29 is 9.47 Å². The molecule has 0 N–H and O–H groups in total. The SMILES string of the molecule is CC1(COC2CCCCO2)CCC(CP(c2ccccc2)c2ccccc2)C1(C)CP(c1ccccc1)c1ccccc1. The van der Waals surface area contributed by atoms with Gasteiger partial charge in [-0.2, -0.15) is 0 Å². The van der Waals surface area contributed by atoms with Crippen molar-refractivity contribution in [1.29, 1.82) is 0 Å². The first-order valence-electron chi connectivity index (χ1n) is 16.0. The standard InChI is InChI=1S/C39H46O2P2/c1-38(30-41-37-25-15-16-28-40-37)27-26-32(29-42(33-17-7-3-8-18-33)34-19-9-4-10-20-34)39(38,2)31-43(35-21-11-5-12-22-35)36-23-13-6-14-24-36/h3-14,17-24,32,37H,15-16,25-31H2,1-2H3. The van der Waals surface area contributed by atoms with E-state index in [9.17, 15) is 0 Å². The molecule has 0 radical (unpaired) electrons. The van der Waals surface area contributed by atoms with E-state index in [4.69, 9.17) is 9.47 Å². The van der Waals surface area contributed by atoms with Crippen LogP contribution in [0.2, 0.25) is 0 Å². The van der Waals surface area contributed by atoms with Crippen LogP contribution in [0.25, 0.3) is 0 Å². The lowest BCUT2D eigenvalue weighted by atomic mass is 9.66. The molecule has 0 bridgehead atoms. The molecule has 1 aliphatic heterocycles. The van der Waals surface area contributed by atoms with Crippen LogP contribution in [0.15, 0.2) is 121 Å². The predicted octanol–water partition coefficient (Wildman–Crippen LogP) is 8.22. The number of rotatable bonds is 11. The summed E-state index contributed by atoms with van der Waals surface area (Å²) in [5.41, 5.74) is 0.167. The van der Waals surface area contributed by atoms with E-state index >= 15 is 0 Å². The highest BCUT2D eigenvalue weighted by molar-refractivity contribution is 7.73. The number of hydrogen-bond donors (Lipinski definition) is 0. The molecule has 43 heavy (non-hydrogen) atoms. The zero-order chi connectivity index (χ0) is 29.5. The summed E-state index contributed by atoms with van der Waals surface area (Å²) in [6.07, 6.45) is 8.13. The van der Waals surface area contributed by atoms with Crippen LogP contribution in [0.4, 0.5) is 0 Å². The van der Waals surface area contributed by atoms with Crippen LogP contribution in [-0.2, 0) is 9.47 Å². The topological polar surface area (TPSA) is 18.5 Å². The van der Waals surface area contributed by atoms with Crippen molar-refractivity contribution in [3.8, 4) is 0 Å². The molecule has 2 aliphatic rings. The summed E-state index contributed by atoms with van der Waals surface area (Å²) in [6.45, 7) is 6.76. The normalized spacial score (nSPS) is 25.8. The highest BCUT2D eigenvalue weighted by Crippen LogP contribution is 2.63. The van der Waals surface area contributed by atoms with Crippen molar-refractivity contribution in [1.82, 2.24) is 0 Å². The van der Waals surface area contributed by atoms with Gasteiger partial charge in [0.25, 0.3) is 0 Å². The van der Waals surface area contributed by atoms with Crippen molar-refractivity contribution in [2.75, 3.05) is 25.5 Å². The van der Waals surface area contributed by atoms with E-state index in [1.165, 1.54) is 52.8 Å². The van der Waals surface area contributed by atoms with Crippen molar-refractivity contribution >= 4 is 37.1 Å². The van der Waals surface area contributed by atoms with Gasteiger partial charge in [-0.05, 0) is 98.2 Å². The van der Waals surface area contributed by atoms with E-state index in [-0.39, 0.29) is 17.1 Å². The highest BCUT2D eigenvalue weighted by Gasteiger charge is 2.56. The molecule has 4 heteroatoms. The molecule has 2 nitrogen and oxygen atoms in total. The molecule has 6 rings (SSSR count). The minimum atomic E-state index is -0.534. The first kappa shape index (κ1) is 30.7. The first-order valence-corrected chi connectivity index (χ1v) is 19.1. The van der Waals surface area contributed by atoms with Crippen molar-refractivity contribution in [2.45, 2.75) is 52.2 Å². The minimum Gasteiger partial charge on any atom is -0.353 e. The molecular formula is C39H46O2P2. The second-order valence-corrected chi connectivity index (χ2v) is 17.3. The molecule has 4 unspecified atom stereocenters. The van der Waals surface area contributed by atoms with E-state index in [1.54, 1.807) is 0 Å². The Labute approximate surface area is 261 Å². The van der Waals surface area contributed by atoms with Crippen LogP contribution >= 0.6 is 15.8 Å². The summed E-state index contributed by atoms with van der Waals surface area (Å²) in [6, 6.07) is 45.2. The average Bonchev–Trinajstić information content (AvgIpc) is 3.32. The van der Waals surface area contributed by atoms with Gasteiger partial charge >= 0.3 is 0 Å². The van der Waals surface area contributed by atoms with Gasteiger partial charge in [-0.25, -0.2) is 0 Å². The zero-order valence-corrected chi connectivity index (χ0v) is 27.6. The average molecular weight is 609 g/mol. The lowest BCUT2D eigenvalue weighted by Crippen LogP contribution is -2.46. The summed E-state index contributed by atoms with van der Waals surface area (Å²) in [5.74, 6) is 0.595. The predicted molar refractivity (Wildman–Crippen MR) is 186 cm³/mol.